The van der Waals surface area contributed by atoms with Gasteiger partial charge in [-0.1, -0.05) is 90.2 Å². The number of carbonyl (C=O) groups excluding carboxylic acids is 2. The van der Waals surface area contributed by atoms with Crippen molar-refractivity contribution in [2.24, 2.45) is 5.92 Å². The van der Waals surface area contributed by atoms with Crippen molar-refractivity contribution < 1.29 is 22.8 Å². The number of hydrogen-bond acceptors (Lipinski definition) is 6. The van der Waals surface area contributed by atoms with Crippen LogP contribution in [0.25, 0.3) is 0 Å². The largest absolute Gasteiger partial charge is 0.455 e. The molecule has 0 aliphatic heterocycles. The molecule has 1 rings (SSSR count). The molecule has 0 saturated carbocycles. The van der Waals surface area contributed by atoms with Gasteiger partial charge in [-0.05, 0) is 31.0 Å². The first-order chi connectivity index (χ1) is 16.4. The fourth-order valence-corrected chi connectivity index (χ4v) is 4.01. The summed E-state index contributed by atoms with van der Waals surface area (Å²) in [6.45, 7) is 6.04. The van der Waals surface area contributed by atoms with E-state index in [4.69, 9.17) is 20.6 Å². The van der Waals surface area contributed by atoms with E-state index in [1.807, 2.05) is 6.92 Å². The van der Waals surface area contributed by atoms with Gasteiger partial charge in [0.25, 0.3) is 5.91 Å². The lowest BCUT2D eigenvalue weighted by Crippen LogP contribution is -2.23. The Kier molecular flexibility index (Phi) is 16.9. The van der Waals surface area contributed by atoms with Crippen molar-refractivity contribution in [3.63, 3.8) is 0 Å². The minimum Gasteiger partial charge on any atom is -0.455 e. The molecule has 1 aromatic carbocycles. The molecule has 1 amide bonds. The zero-order valence-electron chi connectivity index (χ0n) is 20.8. The molecule has 2 N–H and O–H groups in total. The van der Waals surface area contributed by atoms with Crippen LogP contribution in [0.5, 0.6) is 0 Å². The highest BCUT2D eigenvalue weighted by Gasteiger charge is 2.15. The number of hydroxylamine groups is 1. The van der Waals surface area contributed by atoms with Crippen LogP contribution in [-0.4, -0.2) is 29.2 Å². The van der Waals surface area contributed by atoms with Gasteiger partial charge in [0.05, 0.1) is 21.5 Å². The molecule has 7 nitrogen and oxygen atoms in total. The average Bonchev–Trinajstić information content (AvgIpc) is 2.83. The molecular formula is C25H41ClN2O5S. The number of rotatable bonds is 19. The monoisotopic (exact) mass is 516 g/mol. The fourth-order valence-electron chi connectivity index (χ4n) is 3.16. The van der Waals surface area contributed by atoms with Gasteiger partial charge in [0.15, 0.2) is 6.61 Å². The first-order valence-electron chi connectivity index (χ1n) is 12.5. The van der Waals surface area contributed by atoms with Crippen LogP contribution in [0.4, 0.5) is 5.69 Å². The number of amides is 1. The molecule has 0 bridgehead atoms. The summed E-state index contributed by atoms with van der Waals surface area (Å²) in [4.78, 5) is 24.2. The molecule has 194 valence electrons. The summed E-state index contributed by atoms with van der Waals surface area (Å²) in [6.07, 6.45) is 13.1. The van der Waals surface area contributed by atoms with E-state index in [0.29, 0.717) is 17.9 Å². The zero-order valence-corrected chi connectivity index (χ0v) is 22.4. The molecular weight excluding hydrogens is 476 g/mol. The molecule has 9 heteroatoms. The Balaban J connectivity index is 2.28. The molecule has 0 radical (unpaired) electrons. The first-order valence-corrected chi connectivity index (χ1v) is 13.9. The van der Waals surface area contributed by atoms with Crippen molar-refractivity contribution in [2.75, 3.05) is 18.5 Å². The Morgan fingerprint density at radius 1 is 1.00 bits per heavy atom. The Hall–Kier alpha value is -1.48. The second kappa shape index (κ2) is 18.8. The van der Waals surface area contributed by atoms with E-state index in [1.165, 1.54) is 63.5 Å². The fraction of sp³-hybridized carbons (Fsp3) is 0.680. The van der Waals surface area contributed by atoms with Gasteiger partial charge in [0.2, 0.25) is 11.1 Å². The summed E-state index contributed by atoms with van der Waals surface area (Å²) >= 11 is 4.38. The van der Waals surface area contributed by atoms with Gasteiger partial charge in [-0.25, -0.2) is 4.21 Å². The van der Waals surface area contributed by atoms with Crippen molar-refractivity contribution in [2.45, 2.75) is 96.3 Å². The Morgan fingerprint density at radius 2 is 1.62 bits per heavy atom. The summed E-state index contributed by atoms with van der Waals surface area (Å²) in [5.41, 5.74) is 3.03. The number of halogens is 1. The molecule has 0 saturated heterocycles. The lowest BCUT2D eigenvalue weighted by molar-refractivity contribution is -0.151. The third-order valence-electron chi connectivity index (χ3n) is 5.53. The van der Waals surface area contributed by atoms with Gasteiger partial charge >= 0.3 is 5.97 Å². The highest BCUT2D eigenvalue weighted by Crippen LogP contribution is 2.25. The average molecular weight is 517 g/mol. The van der Waals surface area contributed by atoms with Crippen molar-refractivity contribution in [1.29, 1.82) is 0 Å². The van der Waals surface area contributed by atoms with E-state index in [-0.39, 0.29) is 16.6 Å². The number of ether oxygens (including phenoxy) is 1. The third-order valence-corrected chi connectivity index (χ3v) is 6.77. The topological polar surface area (TPSA) is 93.7 Å². The van der Waals surface area contributed by atoms with E-state index in [1.54, 1.807) is 13.0 Å². The van der Waals surface area contributed by atoms with E-state index >= 15 is 0 Å². The molecule has 34 heavy (non-hydrogen) atoms. The molecule has 0 spiro atoms. The predicted molar refractivity (Wildman–Crippen MR) is 138 cm³/mol. The normalized spacial score (nSPS) is 12.8. The van der Waals surface area contributed by atoms with Crippen LogP contribution in [-0.2, 0) is 29.7 Å². The maximum Gasteiger partial charge on any atom is 0.309 e. The summed E-state index contributed by atoms with van der Waals surface area (Å²) in [7, 11) is 0. The SMILES string of the molecule is CCCCCCCCCCCCNOS(=O)c1ccc(Cl)c(NC(=O)COC(=O)C(C)CC)c1. The number of benzene rings is 1. The van der Waals surface area contributed by atoms with Crippen LogP contribution in [0.1, 0.15) is 91.4 Å². The molecule has 0 heterocycles. The van der Waals surface area contributed by atoms with Crippen molar-refractivity contribution in [3.8, 4) is 0 Å². The van der Waals surface area contributed by atoms with Crippen molar-refractivity contribution >= 4 is 40.2 Å². The minimum absolute atomic E-state index is 0.271. The summed E-state index contributed by atoms with van der Waals surface area (Å²) in [5.74, 6) is -1.23. The van der Waals surface area contributed by atoms with E-state index in [9.17, 15) is 13.8 Å². The Morgan fingerprint density at radius 3 is 2.24 bits per heavy atom. The van der Waals surface area contributed by atoms with Crippen LogP contribution < -0.4 is 10.8 Å². The third kappa shape index (κ3) is 13.4. The first kappa shape index (κ1) is 30.6. The van der Waals surface area contributed by atoms with Gasteiger partial charge in [-0.3, -0.25) is 9.59 Å². The van der Waals surface area contributed by atoms with Gasteiger partial charge in [0.1, 0.15) is 0 Å². The smallest absolute Gasteiger partial charge is 0.309 e. The van der Waals surface area contributed by atoms with Gasteiger partial charge in [-0.15, -0.1) is 0 Å². The number of esters is 1. The lowest BCUT2D eigenvalue weighted by Gasteiger charge is -2.11. The minimum atomic E-state index is -1.76. The zero-order chi connectivity index (χ0) is 25.2. The van der Waals surface area contributed by atoms with Crippen LogP contribution in [0.3, 0.4) is 0 Å². The highest BCUT2D eigenvalue weighted by molar-refractivity contribution is 7.80. The second-order valence-corrected chi connectivity index (χ2v) is 10.0. The lowest BCUT2D eigenvalue weighted by atomic mass is 10.1. The highest BCUT2D eigenvalue weighted by atomic mass is 35.5. The maximum atomic E-state index is 12.4. The molecule has 0 aliphatic rings. The van der Waals surface area contributed by atoms with Gasteiger partial charge in [0, 0.05) is 6.54 Å². The standard InChI is InChI=1S/C25H41ClN2O5S/c1-4-6-7-8-9-10-11-12-13-14-17-27-33-34(31)21-15-16-22(26)23(18-21)28-24(29)19-32-25(30)20(3)5-2/h15-16,18,20,27H,4-14,17,19H2,1-3H3,(H,28,29). The van der Waals surface area contributed by atoms with Crippen LogP contribution in [0.15, 0.2) is 23.1 Å². The number of nitrogens with one attached hydrogen (secondary N) is 2. The second-order valence-electron chi connectivity index (χ2n) is 8.50. The van der Waals surface area contributed by atoms with Crippen LogP contribution >= 0.6 is 11.6 Å². The van der Waals surface area contributed by atoms with E-state index < -0.39 is 29.6 Å². The number of unbranched alkanes of at least 4 members (excludes halogenated alkanes) is 9. The quantitative estimate of drug-likeness (QED) is 0.127. The Labute approximate surface area is 212 Å². The van der Waals surface area contributed by atoms with Gasteiger partial charge in [-0.2, -0.15) is 9.76 Å². The van der Waals surface area contributed by atoms with Gasteiger partial charge < -0.3 is 10.1 Å². The summed E-state index contributed by atoms with van der Waals surface area (Å²) < 4.78 is 22.6. The molecule has 1 aromatic rings. The molecule has 2 atom stereocenters. The summed E-state index contributed by atoms with van der Waals surface area (Å²) in [5, 5.41) is 2.85. The maximum absolute atomic E-state index is 12.4. The van der Waals surface area contributed by atoms with E-state index in [2.05, 4.69) is 17.7 Å². The Bertz CT molecular complexity index is 763. The number of hydrogen-bond donors (Lipinski definition) is 2. The molecule has 0 aliphatic carbocycles. The van der Waals surface area contributed by atoms with E-state index in [0.717, 1.165) is 12.8 Å². The number of carbonyl (C=O) groups is 2. The predicted octanol–water partition coefficient (Wildman–Crippen LogP) is 6.33. The molecule has 2 unspecified atom stereocenters. The van der Waals surface area contributed by atoms with Crippen molar-refractivity contribution in [1.82, 2.24) is 5.48 Å². The molecule has 0 aromatic heterocycles. The van der Waals surface area contributed by atoms with Crippen molar-refractivity contribution in [3.05, 3.63) is 23.2 Å². The van der Waals surface area contributed by atoms with Crippen LogP contribution in [0, 0.1) is 5.92 Å². The molecule has 0 fully saturated rings. The van der Waals surface area contributed by atoms with Crippen LogP contribution in [0.2, 0.25) is 5.02 Å². The number of anilines is 1. The summed E-state index contributed by atoms with van der Waals surface area (Å²) in [6, 6.07) is 4.58.